The summed E-state index contributed by atoms with van der Waals surface area (Å²) in [6.07, 6.45) is 3.64. The number of nitrogens with zero attached hydrogens (tertiary/aromatic N) is 1. The van der Waals surface area contributed by atoms with Crippen LogP contribution in [0, 0.1) is 13.8 Å². The number of hydrogen-bond acceptors (Lipinski definition) is 1. The summed E-state index contributed by atoms with van der Waals surface area (Å²) in [5.74, 6) is 0. The van der Waals surface area contributed by atoms with Crippen LogP contribution in [-0.4, -0.2) is 4.57 Å². The Bertz CT molecular complexity index is 2430. The molecule has 8 rings (SSSR count). The minimum Gasteiger partial charge on any atom is -0.405 e. The lowest BCUT2D eigenvalue weighted by molar-refractivity contribution is 1.05. The lowest BCUT2D eigenvalue weighted by Crippen LogP contribution is -1.98. The van der Waals surface area contributed by atoms with E-state index in [0.717, 1.165) is 11.3 Å². The molecule has 0 bridgehead atoms. The van der Waals surface area contributed by atoms with Gasteiger partial charge in [0.15, 0.2) is 0 Å². The molecule has 0 amide bonds. The van der Waals surface area contributed by atoms with E-state index in [9.17, 15) is 0 Å². The van der Waals surface area contributed by atoms with E-state index in [4.69, 9.17) is 5.73 Å². The largest absolute Gasteiger partial charge is 0.405 e. The highest BCUT2D eigenvalue weighted by molar-refractivity contribution is 6.22. The van der Waals surface area contributed by atoms with E-state index in [1.807, 2.05) is 6.08 Å². The summed E-state index contributed by atoms with van der Waals surface area (Å²) in [4.78, 5) is 0. The summed E-state index contributed by atoms with van der Waals surface area (Å²) in [6, 6.07) is 52.9. The molecular formula is C44H34N2. The first kappa shape index (κ1) is 27.7. The molecule has 2 N–H and O–H groups in total. The lowest BCUT2D eigenvalue weighted by Gasteiger charge is -2.19. The zero-order valence-corrected chi connectivity index (χ0v) is 26.0. The molecule has 46 heavy (non-hydrogen) atoms. The van der Waals surface area contributed by atoms with Gasteiger partial charge >= 0.3 is 0 Å². The Hall–Kier alpha value is -5.86. The third-order valence-electron chi connectivity index (χ3n) is 9.23. The zero-order chi connectivity index (χ0) is 31.2. The van der Waals surface area contributed by atoms with Crippen molar-refractivity contribution < 1.29 is 0 Å². The molecule has 0 aliphatic heterocycles. The summed E-state index contributed by atoms with van der Waals surface area (Å²) in [5, 5.41) is 6.23. The summed E-state index contributed by atoms with van der Waals surface area (Å²) < 4.78 is 2.36. The van der Waals surface area contributed by atoms with E-state index >= 15 is 0 Å². The van der Waals surface area contributed by atoms with Crippen LogP contribution in [0.25, 0.3) is 77.6 Å². The molecule has 1 heterocycles. The third kappa shape index (κ3) is 4.50. The molecule has 7 aromatic carbocycles. The minimum atomic E-state index is 1.15. The topological polar surface area (TPSA) is 30.9 Å². The zero-order valence-electron chi connectivity index (χ0n) is 26.0. The van der Waals surface area contributed by atoms with Gasteiger partial charge in [-0.2, -0.15) is 0 Å². The second-order valence-electron chi connectivity index (χ2n) is 12.1. The van der Waals surface area contributed by atoms with E-state index in [2.05, 4.69) is 164 Å². The number of rotatable bonds is 5. The van der Waals surface area contributed by atoms with Crippen molar-refractivity contribution in [2.75, 3.05) is 0 Å². The van der Waals surface area contributed by atoms with Crippen molar-refractivity contribution in [3.05, 3.63) is 169 Å². The van der Waals surface area contributed by atoms with Crippen molar-refractivity contribution in [3.8, 4) is 39.1 Å². The molecule has 0 aliphatic carbocycles. The Morgan fingerprint density at radius 2 is 1.04 bits per heavy atom. The smallest absolute Gasteiger partial charge is 0.0537 e. The number of aromatic nitrogens is 1. The number of para-hydroxylation sites is 1. The fraction of sp³-hybridized carbons (Fsp3) is 0.0455. The van der Waals surface area contributed by atoms with Gasteiger partial charge in [0.05, 0.1) is 5.52 Å². The Kier molecular flexibility index (Phi) is 6.77. The van der Waals surface area contributed by atoms with Crippen LogP contribution >= 0.6 is 0 Å². The van der Waals surface area contributed by atoms with Gasteiger partial charge in [-0.25, -0.2) is 0 Å². The normalized spacial score (nSPS) is 11.7. The molecule has 8 aromatic rings. The predicted molar refractivity (Wildman–Crippen MR) is 197 cm³/mol. The van der Waals surface area contributed by atoms with Gasteiger partial charge in [0.25, 0.3) is 0 Å². The Morgan fingerprint density at radius 1 is 0.478 bits per heavy atom. The average Bonchev–Trinajstić information content (AvgIpc) is 3.38. The van der Waals surface area contributed by atoms with Crippen LogP contribution < -0.4 is 5.73 Å². The van der Waals surface area contributed by atoms with Crippen molar-refractivity contribution in [1.82, 2.24) is 4.57 Å². The molecule has 2 nitrogen and oxygen atoms in total. The molecule has 0 radical (unpaired) electrons. The van der Waals surface area contributed by atoms with Crippen LogP contribution in [0.5, 0.6) is 0 Å². The lowest BCUT2D eigenvalue weighted by atomic mass is 9.85. The monoisotopic (exact) mass is 590 g/mol. The Balaban J connectivity index is 1.41. The summed E-state index contributed by atoms with van der Waals surface area (Å²) in [6.45, 7) is 4.36. The third-order valence-corrected chi connectivity index (χ3v) is 9.23. The van der Waals surface area contributed by atoms with Crippen LogP contribution in [0.4, 0.5) is 0 Å². The van der Waals surface area contributed by atoms with Gasteiger partial charge in [0.1, 0.15) is 0 Å². The standard InChI is InChI=1S/C44H34N2/c1-29-25-34(27-35(26-29)46-30(2)36(23-24-45)37-17-11-12-20-42(37)46)33-21-22-40-41(28-33)44(32-15-7-4-8-16-32)39-19-10-9-18-38(39)43(40)31-13-5-3-6-14-31/h3-28H,45H2,1-2H3/b24-23-. The minimum absolute atomic E-state index is 1.15. The summed E-state index contributed by atoms with van der Waals surface area (Å²) >= 11 is 0. The molecule has 0 unspecified atom stereocenters. The van der Waals surface area contributed by atoms with Crippen LogP contribution in [0.1, 0.15) is 16.8 Å². The molecule has 1 aromatic heterocycles. The first-order chi connectivity index (χ1) is 22.6. The quantitative estimate of drug-likeness (QED) is 0.199. The van der Waals surface area contributed by atoms with Crippen LogP contribution in [0.15, 0.2) is 152 Å². The average molecular weight is 591 g/mol. The van der Waals surface area contributed by atoms with Gasteiger partial charge in [-0.05, 0) is 111 Å². The second-order valence-corrected chi connectivity index (χ2v) is 12.1. The SMILES string of the molecule is Cc1cc(-c2ccc3c(-c4ccccc4)c4ccccc4c(-c4ccccc4)c3c2)cc(-n2c(C)c(/C=C\N)c3ccccc32)c1. The Morgan fingerprint density at radius 3 is 1.70 bits per heavy atom. The molecule has 0 saturated carbocycles. The first-order valence-corrected chi connectivity index (χ1v) is 15.8. The van der Waals surface area contributed by atoms with Crippen LogP contribution in [0.3, 0.4) is 0 Å². The highest BCUT2D eigenvalue weighted by atomic mass is 15.0. The summed E-state index contributed by atoms with van der Waals surface area (Å²) in [5.41, 5.74) is 19.1. The highest BCUT2D eigenvalue weighted by Gasteiger charge is 2.18. The van der Waals surface area contributed by atoms with E-state index in [1.54, 1.807) is 6.20 Å². The molecule has 0 fully saturated rings. The molecular weight excluding hydrogens is 556 g/mol. The van der Waals surface area contributed by atoms with Gasteiger partial charge in [-0.3, -0.25) is 0 Å². The van der Waals surface area contributed by atoms with Gasteiger partial charge in [-0.1, -0.05) is 121 Å². The van der Waals surface area contributed by atoms with Crippen LogP contribution in [-0.2, 0) is 0 Å². The first-order valence-electron chi connectivity index (χ1n) is 15.8. The van der Waals surface area contributed by atoms with Gasteiger partial charge in [0.2, 0.25) is 0 Å². The molecule has 0 spiro atoms. The van der Waals surface area contributed by atoms with E-state index in [-0.39, 0.29) is 0 Å². The molecule has 0 aliphatic rings. The highest BCUT2D eigenvalue weighted by Crippen LogP contribution is 2.45. The van der Waals surface area contributed by atoms with Crippen LogP contribution in [0.2, 0.25) is 0 Å². The number of fused-ring (bicyclic) bond motifs is 3. The van der Waals surface area contributed by atoms with E-state index < -0.39 is 0 Å². The maximum atomic E-state index is 5.88. The predicted octanol–water partition coefficient (Wildman–Crippen LogP) is 11.5. The maximum absolute atomic E-state index is 5.88. The molecule has 0 atom stereocenters. The summed E-state index contributed by atoms with van der Waals surface area (Å²) in [7, 11) is 0. The fourth-order valence-electron chi connectivity index (χ4n) is 7.28. The number of nitrogens with two attached hydrogens (primary N) is 1. The van der Waals surface area contributed by atoms with Crippen molar-refractivity contribution in [3.63, 3.8) is 0 Å². The second kappa shape index (κ2) is 11.3. The van der Waals surface area contributed by atoms with E-state index in [0.29, 0.717) is 0 Å². The number of benzene rings is 7. The maximum Gasteiger partial charge on any atom is 0.0537 e. The van der Waals surface area contributed by atoms with Crippen molar-refractivity contribution in [2.45, 2.75) is 13.8 Å². The Labute approximate surface area is 269 Å². The van der Waals surface area contributed by atoms with Gasteiger partial charge in [0, 0.05) is 22.3 Å². The number of hydrogen-bond donors (Lipinski definition) is 1. The molecule has 2 heteroatoms. The van der Waals surface area contributed by atoms with E-state index in [1.165, 1.54) is 77.1 Å². The molecule has 220 valence electrons. The van der Waals surface area contributed by atoms with Crippen molar-refractivity contribution >= 4 is 38.5 Å². The van der Waals surface area contributed by atoms with Crippen molar-refractivity contribution in [2.24, 2.45) is 5.73 Å². The van der Waals surface area contributed by atoms with Gasteiger partial charge in [-0.15, -0.1) is 0 Å². The fourth-order valence-corrected chi connectivity index (χ4v) is 7.28. The number of aryl methyl sites for hydroxylation is 1. The molecule has 0 saturated heterocycles. The van der Waals surface area contributed by atoms with Crippen molar-refractivity contribution in [1.29, 1.82) is 0 Å². The van der Waals surface area contributed by atoms with Gasteiger partial charge < -0.3 is 10.3 Å².